The maximum atomic E-state index is 5.06. The summed E-state index contributed by atoms with van der Waals surface area (Å²) >= 11 is 0. The van der Waals surface area contributed by atoms with Crippen LogP contribution >= 0.6 is 0 Å². The minimum Gasteiger partial charge on any atom is -0.331 e. The molecule has 7 rings (SSSR count). The normalized spacial score (nSPS) is 18.7. The SMILES string of the molecule is Cn1c(C2CCCC2)nc2cc(-c3ccc(-c4ccc5c(c4)nc([C@@H]4CCCN4)n5C)cc3)ccc21. The van der Waals surface area contributed by atoms with Gasteiger partial charge in [-0.2, -0.15) is 0 Å². The number of hydrogen-bond acceptors (Lipinski definition) is 3. The van der Waals surface area contributed by atoms with Crippen LogP contribution in [0.4, 0.5) is 0 Å². The molecule has 1 atom stereocenters. The predicted octanol–water partition coefficient (Wildman–Crippen LogP) is 6.88. The van der Waals surface area contributed by atoms with Gasteiger partial charge in [-0.3, -0.25) is 0 Å². The Labute approximate surface area is 212 Å². The molecule has 1 aliphatic carbocycles. The molecule has 182 valence electrons. The van der Waals surface area contributed by atoms with E-state index in [0.29, 0.717) is 12.0 Å². The lowest BCUT2D eigenvalue weighted by Crippen LogP contribution is -2.16. The zero-order valence-electron chi connectivity index (χ0n) is 21.2. The number of rotatable bonds is 4. The summed E-state index contributed by atoms with van der Waals surface area (Å²) in [7, 11) is 4.30. The van der Waals surface area contributed by atoms with Gasteiger partial charge in [0.15, 0.2) is 0 Å². The molecule has 0 unspecified atom stereocenters. The van der Waals surface area contributed by atoms with Crippen molar-refractivity contribution in [3.8, 4) is 22.3 Å². The van der Waals surface area contributed by atoms with Crippen molar-refractivity contribution in [3.05, 3.63) is 72.3 Å². The molecular weight excluding hydrogens is 442 g/mol. The number of nitrogens with zero attached hydrogens (tertiary/aromatic N) is 4. The molecule has 36 heavy (non-hydrogen) atoms. The fourth-order valence-corrected chi connectivity index (χ4v) is 6.42. The number of benzene rings is 3. The summed E-state index contributed by atoms with van der Waals surface area (Å²) in [4.78, 5) is 10.1. The molecule has 5 heteroatoms. The molecule has 3 heterocycles. The topological polar surface area (TPSA) is 47.7 Å². The van der Waals surface area contributed by atoms with Crippen LogP contribution in [0.1, 0.15) is 62.1 Å². The summed E-state index contributed by atoms with van der Waals surface area (Å²) in [6.07, 6.45) is 7.59. The lowest BCUT2D eigenvalue weighted by atomic mass is 10.00. The van der Waals surface area contributed by atoms with Crippen LogP contribution in [0.15, 0.2) is 60.7 Å². The van der Waals surface area contributed by atoms with Crippen molar-refractivity contribution >= 4 is 22.1 Å². The number of hydrogen-bond donors (Lipinski definition) is 1. The van der Waals surface area contributed by atoms with Gasteiger partial charge < -0.3 is 14.5 Å². The van der Waals surface area contributed by atoms with Crippen LogP contribution in [0.5, 0.6) is 0 Å². The van der Waals surface area contributed by atoms with E-state index in [0.717, 1.165) is 29.8 Å². The van der Waals surface area contributed by atoms with Gasteiger partial charge in [0, 0.05) is 20.0 Å². The zero-order chi connectivity index (χ0) is 24.2. The highest BCUT2D eigenvalue weighted by Crippen LogP contribution is 2.36. The van der Waals surface area contributed by atoms with Crippen molar-refractivity contribution in [2.75, 3.05) is 6.54 Å². The molecule has 1 aliphatic heterocycles. The quantitative estimate of drug-likeness (QED) is 0.308. The van der Waals surface area contributed by atoms with Gasteiger partial charge in [0.1, 0.15) is 11.6 Å². The predicted molar refractivity (Wildman–Crippen MR) is 147 cm³/mol. The van der Waals surface area contributed by atoms with Crippen LogP contribution in [0.2, 0.25) is 0 Å². The number of aromatic nitrogens is 4. The highest BCUT2D eigenvalue weighted by atomic mass is 15.1. The van der Waals surface area contributed by atoms with E-state index in [1.807, 2.05) is 0 Å². The summed E-state index contributed by atoms with van der Waals surface area (Å²) in [5.74, 6) is 3.02. The van der Waals surface area contributed by atoms with Crippen LogP contribution in [-0.4, -0.2) is 25.6 Å². The van der Waals surface area contributed by atoms with Gasteiger partial charge in [-0.25, -0.2) is 9.97 Å². The molecule has 0 amide bonds. The number of fused-ring (bicyclic) bond motifs is 2. The van der Waals surface area contributed by atoms with Crippen LogP contribution in [0.25, 0.3) is 44.3 Å². The van der Waals surface area contributed by atoms with Gasteiger partial charge in [0.2, 0.25) is 0 Å². The van der Waals surface area contributed by atoms with Gasteiger partial charge >= 0.3 is 0 Å². The highest BCUT2D eigenvalue weighted by Gasteiger charge is 2.23. The molecule has 1 N–H and O–H groups in total. The lowest BCUT2D eigenvalue weighted by Gasteiger charge is -2.09. The highest BCUT2D eigenvalue weighted by molar-refractivity contribution is 5.85. The molecule has 0 radical (unpaired) electrons. The monoisotopic (exact) mass is 475 g/mol. The second-order valence-corrected chi connectivity index (χ2v) is 10.7. The summed E-state index contributed by atoms with van der Waals surface area (Å²) in [5, 5.41) is 3.58. The average Bonchev–Trinajstić information content (AvgIpc) is 3.72. The van der Waals surface area contributed by atoms with E-state index in [4.69, 9.17) is 9.97 Å². The third-order valence-electron chi connectivity index (χ3n) is 8.47. The first-order chi connectivity index (χ1) is 17.7. The fraction of sp³-hybridized carbons (Fsp3) is 0.355. The fourth-order valence-electron chi connectivity index (χ4n) is 6.42. The Kier molecular flexibility index (Phi) is 5.21. The van der Waals surface area contributed by atoms with E-state index in [2.05, 4.69) is 89.2 Å². The summed E-state index contributed by atoms with van der Waals surface area (Å²) in [5.41, 5.74) is 9.47. The van der Waals surface area contributed by atoms with Crippen molar-refractivity contribution < 1.29 is 0 Å². The molecule has 5 nitrogen and oxygen atoms in total. The van der Waals surface area contributed by atoms with Gasteiger partial charge in [0.05, 0.1) is 28.1 Å². The maximum absolute atomic E-state index is 5.06. The first-order valence-corrected chi connectivity index (χ1v) is 13.4. The number of nitrogens with one attached hydrogen (secondary N) is 1. The summed E-state index contributed by atoms with van der Waals surface area (Å²) in [6, 6.07) is 22.7. The van der Waals surface area contributed by atoms with Crippen LogP contribution < -0.4 is 5.32 Å². The standard InChI is InChI=1S/C31H33N5/c1-35-28-15-13-23(18-26(28)33-30(35)22-6-3-4-7-22)20-9-11-21(12-10-20)24-14-16-29-27(19-24)34-31(36(29)2)25-8-5-17-32-25/h9-16,18-19,22,25,32H,3-8,17H2,1-2H3/t25-/m0/s1. The molecule has 1 saturated carbocycles. The zero-order valence-corrected chi connectivity index (χ0v) is 21.2. The van der Waals surface area contributed by atoms with Gasteiger partial charge in [-0.05, 0) is 78.7 Å². The van der Waals surface area contributed by atoms with Crippen LogP contribution in [0, 0.1) is 0 Å². The van der Waals surface area contributed by atoms with Gasteiger partial charge in [0.25, 0.3) is 0 Å². The molecule has 0 bridgehead atoms. The molecule has 0 spiro atoms. The Morgan fingerprint density at radius 3 is 1.72 bits per heavy atom. The Morgan fingerprint density at radius 2 is 1.17 bits per heavy atom. The summed E-state index contributed by atoms with van der Waals surface area (Å²) < 4.78 is 4.55. The van der Waals surface area contributed by atoms with Crippen molar-refractivity contribution in [3.63, 3.8) is 0 Å². The minimum atomic E-state index is 0.371. The molecule has 2 aliphatic rings. The Morgan fingerprint density at radius 1 is 0.639 bits per heavy atom. The number of aryl methyl sites for hydroxylation is 2. The van der Waals surface area contributed by atoms with E-state index in [1.165, 1.54) is 71.2 Å². The molecule has 5 aromatic rings. The molecule has 2 aromatic heterocycles. The van der Waals surface area contributed by atoms with Crippen molar-refractivity contribution in [2.24, 2.45) is 14.1 Å². The average molecular weight is 476 g/mol. The Bertz CT molecular complexity index is 1440. The Hall–Kier alpha value is -3.44. The summed E-state index contributed by atoms with van der Waals surface area (Å²) in [6.45, 7) is 1.08. The van der Waals surface area contributed by atoms with Crippen LogP contribution in [0.3, 0.4) is 0 Å². The third-order valence-corrected chi connectivity index (χ3v) is 8.47. The maximum Gasteiger partial charge on any atom is 0.126 e. The van der Waals surface area contributed by atoms with Crippen LogP contribution in [-0.2, 0) is 14.1 Å². The lowest BCUT2D eigenvalue weighted by molar-refractivity contribution is 0.584. The minimum absolute atomic E-state index is 0.371. The van der Waals surface area contributed by atoms with Crippen molar-refractivity contribution in [1.29, 1.82) is 0 Å². The van der Waals surface area contributed by atoms with Crippen molar-refractivity contribution in [2.45, 2.75) is 50.5 Å². The van der Waals surface area contributed by atoms with E-state index in [9.17, 15) is 0 Å². The first-order valence-electron chi connectivity index (χ1n) is 13.4. The molecule has 1 saturated heterocycles. The van der Waals surface area contributed by atoms with E-state index in [1.54, 1.807) is 0 Å². The van der Waals surface area contributed by atoms with Gasteiger partial charge in [-0.1, -0.05) is 49.2 Å². The smallest absolute Gasteiger partial charge is 0.126 e. The third kappa shape index (κ3) is 3.56. The number of imidazole rings is 2. The van der Waals surface area contributed by atoms with E-state index >= 15 is 0 Å². The molecule has 2 fully saturated rings. The van der Waals surface area contributed by atoms with E-state index in [-0.39, 0.29) is 0 Å². The van der Waals surface area contributed by atoms with Crippen molar-refractivity contribution in [1.82, 2.24) is 24.4 Å². The Balaban J connectivity index is 1.18. The molecular formula is C31H33N5. The largest absolute Gasteiger partial charge is 0.331 e. The van der Waals surface area contributed by atoms with Gasteiger partial charge in [-0.15, -0.1) is 0 Å². The van der Waals surface area contributed by atoms with E-state index < -0.39 is 0 Å². The second-order valence-electron chi connectivity index (χ2n) is 10.7. The second kappa shape index (κ2) is 8.59. The first kappa shape index (κ1) is 21.8. The molecule has 3 aromatic carbocycles.